The van der Waals surface area contributed by atoms with Crippen molar-refractivity contribution in [1.82, 2.24) is 9.55 Å². The fourth-order valence-electron chi connectivity index (χ4n) is 2.90. The number of anilines is 1. The first-order valence-corrected chi connectivity index (χ1v) is 8.73. The van der Waals surface area contributed by atoms with Crippen LogP contribution in [0, 0.1) is 0 Å². The third kappa shape index (κ3) is 2.12. The van der Waals surface area contributed by atoms with Gasteiger partial charge in [-0.05, 0) is 24.6 Å². The number of hydrogen-bond acceptors (Lipinski definition) is 4. The second kappa shape index (κ2) is 4.67. The number of hydrogen-bond donors (Lipinski definition) is 0. The zero-order valence-corrected chi connectivity index (χ0v) is 13.5. The summed E-state index contributed by atoms with van der Waals surface area (Å²) in [5.41, 5.74) is 0.158. The summed E-state index contributed by atoms with van der Waals surface area (Å²) in [6.45, 7) is 1.87. The predicted molar refractivity (Wildman–Crippen MR) is 82.5 cm³/mol. The summed E-state index contributed by atoms with van der Waals surface area (Å²) in [6, 6.07) is 6.66. The Bertz CT molecular complexity index is 839. The van der Waals surface area contributed by atoms with Crippen LogP contribution in [-0.4, -0.2) is 37.2 Å². The molecule has 1 aromatic carbocycles. The summed E-state index contributed by atoms with van der Waals surface area (Å²) >= 11 is 0. The van der Waals surface area contributed by atoms with Crippen LogP contribution in [0.3, 0.4) is 0 Å². The summed E-state index contributed by atoms with van der Waals surface area (Å²) in [7, 11) is -1.50. The maximum atomic E-state index is 12.5. The zero-order chi connectivity index (χ0) is 16.1. The molecule has 1 unspecified atom stereocenters. The number of nitrogens with zero attached hydrogens (tertiary/aromatic N) is 3. The number of carbonyl (C=O) groups excluding carboxylic acids is 1. The number of likely N-dealkylation sites (N-methyl/N-ethyl adjacent to an activating group) is 1. The van der Waals surface area contributed by atoms with E-state index in [0.29, 0.717) is 12.4 Å². The minimum absolute atomic E-state index is 0.0252. The molecule has 3 rings (SSSR count). The molecule has 1 atom stereocenters. The monoisotopic (exact) mass is 319 g/mol. The van der Waals surface area contributed by atoms with Crippen LogP contribution >= 0.6 is 0 Å². The van der Waals surface area contributed by atoms with Crippen molar-refractivity contribution in [1.29, 1.82) is 0 Å². The van der Waals surface area contributed by atoms with Crippen molar-refractivity contribution in [2.45, 2.75) is 23.8 Å². The molecule has 1 aliphatic heterocycles. The van der Waals surface area contributed by atoms with E-state index in [-0.39, 0.29) is 10.8 Å². The number of benzene rings is 1. The van der Waals surface area contributed by atoms with Gasteiger partial charge in [0.1, 0.15) is 5.54 Å². The Labute approximate surface area is 129 Å². The van der Waals surface area contributed by atoms with Gasteiger partial charge in [-0.1, -0.05) is 12.1 Å². The molecule has 0 bridgehead atoms. The van der Waals surface area contributed by atoms with E-state index in [0.717, 1.165) is 5.56 Å². The molecule has 0 saturated heterocycles. The molecule has 6 nitrogen and oxygen atoms in total. The predicted octanol–water partition coefficient (Wildman–Crippen LogP) is 1.22. The molecule has 2 aromatic rings. The summed E-state index contributed by atoms with van der Waals surface area (Å²) < 4.78 is 24.9. The van der Waals surface area contributed by atoms with Gasteiger partial charge < -0.3 is 4.57 Å². The van der Waals surface area contributed by atoms with Crippen LogP contribution < -0.4 is 4.90 Å². The molecule has 0 fully saturated rings. The van der Waals surface area contributed by atoms with Crippen LogP contribution in [0.2, 0.25) is 0 Å². The molecule has 2 heterocycles. The molecule has 22 heavy (non-hydrogen) atoms. The molecule has 0 spiro atoms. The maximum absolute atomic E-state index is 12.5. The normalized spacial score (nSPS) is 21.2. The number of rotatable bonds is 3. The molecule has 116 valence electrons. The van der Waals surface area contributed by atoms with Gasteiger partial charge in [-0.2, -0.15) is 0 Å². The van der Waals surface area contributed by atoms with Gasteiger partial charge in [0.25, 0.3) is 5.91 Å². The fourth-order valence-corrected chi connectivity index (χ4v) is 3.53. The molecular weight excluding hydrogens is 302 g/mol. The Kier molecular flexibility index (Phi) is 3.14. The standard InChI is InChI=1S/C15H17N3O3S/c1-15(13(19)17(2)14-16-8-9-18(14)15)10-11-4-6-12(7-5-11)22(3,20)21/h4-9H,10H2,1-3H3. The average Bonchev–Trinajstić information content (AvgIpc) is 3.00. The lowest BCUT2D eigenvalue weighted by Crippen LogP contribution is -2.40. The molecule has 0 N–H and O–H groups in total. The van der Waals surface area contributed by atoms with Gasteiger partial charge in [0.2, 0.25) is 5.95 Å². The first-order valence-electron chi connectivity index (χ1n) is 6.84. The van der Waals surface area contributed by atoms with E-state index in [1.807, 2.05) is 11.5 Å². The van der Waals surface area contributed by atoms with Crippen LogP contribution in [0.15, 0.2) is 41.6 Å². The van der Waals surface area contributed by atoms with E-state index in [9.17, 15) is 13.2 Å². The van der Waals surface area contributed by atoms with Crippen molar-refractivity contribution in [3.05, 3.63) is 42.2 Å². The Morgan fingerprint density at radius 2 is 1.86 bits per heavy atom. The summed E-state index contributed by atoms with van der Waals surface area (Å²) in [5, 5.41) is 0. The minimum Gasteiger partial charge on any atom is -0.302 e. The SMILES string of the molecule is CN1C(=O)C(C)(Cc2ccc(S(C)(=O)=O)cc2)n2ccnc21. The van der Waals surface area contributed by atoms with E-state index in [2.05, 4.69) is 4.98 Å². The Morgan fingerprint density at radius 3 is 2.45 bits per heavy atom. The second-order valence-electron chi connectivity index (χ2n) is 5.83. The quantitative estimate of drug-likeness (QED) is 0.853. The first-order chi connectivity index (χ1) is 10.2. The van der Waals surface area contributed by atoms with E-state index < -0.39 is 15.4 Å². The summed E-state index contributed by atoms with van der Waals surface area (Å²) in [6.07, 6.45) is 5.12. The molecule has 0 aliphatic carbocycles. The van der Waals surface area contributed by atoms with E-state index in [1.54, 1.807) is 48.6 Å². The van der Waals surface area contributed by atoms with Crippen molar-refractivity contribution in [3.8, 4) is 0 Å². The number of carbonyl (C=O) groups is 1. The second-order valence-corrected chi connectivity index (χ2v) is 7.84. The van der Waals surface area contributed by atoms with E-state index >= 15 is 0 Å². The van der Waals surface area contributed by atoms with Gasteiger partial charge in [-0.25, -0.2) is 13.4 Å². The van der Waals surface area contributed by atoms with Crippen LogP contribution in [0.1, 0.15) is 12.5 Å². The van der Waals surface area contributed by atoms with Crippen molar-refractivity contribution in [2.75, 3.05) is 18.2 Å². The number of sulfone groups is 1. The van der Waals surface area contributed by atoms with Gasteiger partial charge in [-0.3, -0.25) is 9.69 Å². The van der Waals surface area contributed by atoms with Crippen molar-refractivity contribution < 1.29 is 13.2 Å². The molecular formula is C15H17N3O3S. The number of fused-ring (bicyclic) bond motifs is 1. The largest absolute Gasteiger partial charge is 0.302 e. The average molecular weight is 319 g/mol. The fraction of sp³-hybridized carbons (Fsp3) is 0.333. The number of aromatic nitrogens is 2. The Hall–Kier alpha value is -2.15. The molecule has 1 aliphatic rings. The topological polar surface area (TPSA) is 72.3 Å². The number of imidazole rings is 1. The van der Waals surface area contributed by atoms with Crippen LogP contribution in [0.4, 0.5) is 5.95 Å². The van der Waals surface area contributed by atoms with Crippen molar-refractivity contribution in [2.24, 2.45) is 0 Å². The third-order valence-electron chi connectivity index (χ3n) is 4.12. The lowest BCUT2D eigenvalue weighted by molar-refractivity contribution is -0.124. The Balaban J connectivity index is 1.95. The van der Waals surface area contributed by atoms with Crippen LogP contribution in [0.5, 0.6) is 0 Å². The summed E-state index contributed by atoms with van der Waals surface area (Å²) in [4.78, 5) is 18.6. The highest BCUT2D eigenvalue weighted by molar-refractivity contribution is 7.90. The first kappa shape index (κ1) is 14.8. The number of amides is 1. The molecule has 0 saturated carbocycles. The summed E-state index contributed by atoms with van der Waals surface area (Å²) in [5.74, 6) is 0.600. The third-order valence-corrected chi connectivity index (χ3v) is 5.25. The van der Waals surface area contributed by atoms with Gasteiger partial charge in [0.05, 0.1) is 4.90 Å². The van der Waals surface area contributed by atoms with Gasteiger partial charge in [-0.15, -0.1) is 0 Å². The van der Waals surface area contributed by atoms with Gasteiger partial charge in [0, 0.05) is 32.1 Å². The molecule has 1 amide bonds. The van der Waals surface area contributed by atoms with Crippen molar-refractivity contribution in [3.63, 3.8) is 0 Å². The highest BCUT2D eigenvalue weighted by atomic mass is 32.2. The van der Waals surface area contributed by atoms with E-state index in [1.165, 1.54) is 6.26 Å². The van der Waals surface area contributed by atoms with Gasteiger partial charge in [0.15, 0.2) is 9.84 Å². The molecule has 7 heteroatoms. The smallest absolute Gasteiger partial charge is 0.255 e. The Morgan fingerprint density at radius 1 is 1.23 bits per heavy atom. The minimum atomic E-state index is -3.21. The highest BCUT2D eigenvalue weighted by Crippen LogP contribution is 2.35. The van der Waals surface area contributed by atoms with Crippen LogP contribution in [0.25, 0.3) is 0 Å². The van der Waals surface area contributed by atoms with Crippen LogP contribution in [-0.2, 0) is 26.6 Å². The lowest BCUT2D eigenvalue weighted by Gasteiger charge is -2.24. The molecule has 0 radical (unpaired) electrons. The highest BCUT2D eigenvalue weighted by Gasteiger charge is 2.46. The van der Waals surface area contributed by atoms with Crippen molar-refractivity contribution >= 4 is 21.7 Å². The maximum Gasteiger partial charge on any atom is 0.255 e. The lowest BCUT2D eigenvalue weighted by atomic mass is 9.92. The van der Waals surface area contributed by atoms with E-state index in [4.69, 9.17) is 0 Å². The van der Waals surface area contributed by atoms with Gasteiger partial charge >= 0.3 is 0 Å². The molecule has 1 aromatic heterocycles. The zero-order valence-electron chi connectivity index (χ0n) is 12.6.